The van der Waals surface area contributed by atoms with Crippen LogP contribution in [0, 0.1) is 17.1 Å². The van der Waals surface area contributed by atoms with Gasteiger partial charge in [0, 0.05) is 0 Å². The van der Waals surface area contributed by atoms with Crippen molar-refractivity contribution >= 4 is 70.0 Å². The van der Waals surface area contributed by atoms with Crippen LogP contribution < -0.4 is 31.8 Å². The van der Waals surface area contributed by atoms with E-state index >= 15 is 0 Å². The largest absolute Gasteiger partial charge is 1.00 e. The van der Waals surface area contributed by atoms with Crippen LogP contribution in [0.25, 0.3) is 0 Å². The van der Waals surface area contributed by atoms with Gasteiger partial charge in [-0.25, -0.2) is 0 Å². The third-order valence-corrected chi connectivity index (χ3v) is 11.8. The normalized spacial score (nSPS) is 9.16. The summed E-state index contributed by atoms with van der Waals surface area (Å²) in [6.07, 6.45) is 0. The van der Waals surface area contributed by atoms with E-state index in [4.69, 9.17) is 14.9 Å². The van der Waals surface area contributed by atoms with Crippen LogP contribution >= 0.6 is 15.8 Å². The van der Waals surface area contributed by atoms with E-state index < -0.39 is 15.8 Å². The number of hydrogen-bond donors (Lipinski definition) is 0. The molecule has 0 aliphatic rings. The first-order valence-corrected chi connectivity index (χ1v) is 18.3. The van der Waals surface area contributed by atoms with Gasteiger partial charge >= 0.3 is 68.6 Å². The van der Waals surface area contributed by atoms with Crippen molar-refractivity contribution in [2.75, 3.05) is 0 Å². The third kappa shape index (κ3) is 13.1. The van der Waals surface area contributed by atoms with Crippen molar-refractivity contribution < 1.29 is 29.2 Å². The molecule has 0 bridgehead atoms. The standard InChI is InChI=1S/2C18H15P.CO.CH2Te.NO.Os/c2*1-4-10-16(11-5-1)19(17-12-6-2-7-13-17)18-14-8-3-9-15-18;3*1-2;/h2*1-15H;;1H2;;/q;;;-1;2*+1/p+2. The Kier molecular flexibility index (Phi) is 22.5. The molecule has 7 heteroatoms. The minimum absolute atomic E-state index is 0. The molecular weight excluding hydrogens is 882 g/mol. The zero-order valence-corrected chi connectivity index (χ0v) is 31.4. The summed E-state index contributed by atoms with van der Waals surface area (Å²) < 4.78 is 14.8. The van der Waals surface area contributed by atoms with E-state index in [0.717, 1.165) is 0 Å². The Bertz CT molecular complexity index is 1280. The molecule has 2 radical (unpaired) electrons. The van der Waals surface area contributed by atoms with Crippen LogP contribution in [0.3, 0.4) is 0 Å². The summed E-state index contributed by atoms with van der Waals surface area (Å²) >= 11 is 1.70. The van der Waals surface area contributed by atoms with Gasteiger partial charge in [-0.3, -0.25) is 0 Å². The summed E-state index contributed by atoms with van der Waals surface area (Å²) in [4.78, 5) is 3.26. The summed E-state index contributed by atoms with van der Waals surface area (Å²) in [5.41, 5.74) is 5.75. The van der Waals surface area contributed by atoms with Crippen molar-refractivity contribution in [1.29, 1.82) is 5.46 Å². The number of benzene rings is 6. The maximum Gasteiger partial charge on any atom is 1.00 e. The second-order valence-electron chi connectivity index (χ2n) is 8.95. The first-order chi connectivity index (χ1) is 21.9. The second kappa shape index (κ2) is 25.2. The Balaban J connectivity index is 0.000000379. The molecule has 0 heterocycles. The van der Waals surface area contributed by atoms with Crippen LogP contribution in [-0.2, 0) is 29.2 Å². The second-order valence-corrected chi connectivity index (χ2v) is 13.9. The molecule has 6 rings (SSSR count). The van der Waals surface area contributed by atoms with E-state index in [1.54, 1.807) is 22.3 Å². The molecule has 45 heavy (non-hydrogen) atoms. The molecule has 0 saturated heterocycles. The molecule has 3 nitrogen and oxygen atoms in total. The van der Waals surface area contributed by atoms with Gasteiger partial charge in [0.2, 0.25) is 0 Å². The monoisotopic (exact) mass is 920 g/mol. The molecule has 6 aromatic carbocycles. The van der Waals surface area contributed by atoms with Crippen LogP contribution in [0.1, 0.15) is 0 Å². The Labute approximate surface area is 296 Å². The fourth-order valence-corrected chi connectivity index (χ4v) is 9.78. The van der Waals surface area contributed by atoms with Crippen LogP contribution in [-0.4, -0.2) is 22.3 Å². The predicted molar refractivity (Wildman–Crippen MR) is 191 cm³/mol. The number of nitrogens with zero attached hydrogens (tertiary/aromatic N) is 1. The Morgan fingerprint density at radius 1 is 0.356 bits per heavy atom. The quantitative estimate of drug-likeness (QED) is 0.0857. The zero-order chi connectivity index (χ0) is 31.8. The maximum atomic E-state index is 7.50. The van der Waals surface area contributed by atoms with Gasteiger partial charge < -0.3 is 0 Å². The van der Waals surface area contributed by atoms with Crippen LogP contribution in [0.15, 0.2) is 182 Å². The van der Waals surface area contributed by atoms with Gasteiger partial charge in [0.25, 0.3) is 0 Å². The summed E-state index contributed by atoms with van der Waals surface area (Å²) in [6, 6.07) is 65.0. The molecule has 0 aliphatic heterocycles. The molecule has 0 saturated carbocycles. The molecule has 0 amide bonds. The first kappa shape index (κ1) is 40.0. The minimum atomic E-state index is -0.877. The molecule has 0 aliphatic carbocycles. The van der Waals surface area contributed by atoms with Gasteiger partial charge in [0.05, 0.1) is 15.8 Å². The molecular formula is C38H34NO2OsP2Te+3. The molecule has 224 valence electrons. The summed E-state index contributed by atoms with van der Waals surface area (Å²) in [5.74, 6) is 0. The first-order valence-electron chi connectivity index (χ1n) is 13.6. The molecule has 6 aromatic rings. The molecule has 0 N–H and O–H groups in total. The number of hydrogen-bond acceptors (Lipinski definition) is 1. The predicted octanol–water partition coefficient (Wildman–Crippen LogP) is 6.16. The van der Waals surface area contributed by atoms with Gasteiger partial charge in [-0.2, -0.15) is 0 Å². The van der Waals surface area contributed by atoms with Gasteiger partial charge in [0.15, 0.2) is 0 Å². The third-order valence-electron chi connectivity index (χ3n) is 6.37. The van der Waals surface area contributed by atoms with E-state index in [2.05, 4.69) is 194 Å². The van der Waals surface area contributed by atoms with Gasteiger partial charge in [-0.05, 0) is 72.8 Å². The van der Waals surface area contributed by atoms with Crippen molar-refractivity contribution in [3.8, 4) is 0 Å². The van der Waals surface area contributed by atoms with Crippen molar-refractivity contribution in [1.82, 2.24) is 0 Å². The van der Waals surface area contributed by atoms with E-state index in [-0.39, 0.29) is 19.8 Å². The molecule has 0 spiro atoms. The maximum absolute atomic E-state index is 7.50. The SMILES string of the molecule is N#[O+].[C-]#[O+].[CH2-][Te].[Os+].c1ccc([PH+](c2ccccc2)c2ccccc2)cc1.c1ccc([PH+](c2ccccc2)c2ccccc2)cc1. The van der Waals surface area contributed by atoms with Crippen molar-refractivity contribution in [2.24, 2.45) is 0 Å². The summed E-state index contributed by atoms with van der Waals surface area (Å²) in [7, 11) is -1.75. The van der Waals surface area contributed by atoms with Gasteiger partial charge in [0.1, 0.15) is 31.8 Å². The van der Waals surface area contributed by atoms with Gasteiger partial charge in [-0.1, -0.05) is 109 Å². The van der Waals surface area contributed by atoms with Crippen molar-refractivity contribution in [3.63, 3.8) is 0 Å². The Morgan fingerprint density at radius 3 is 0.578 bits per heavy atom. The average molecular weight is 916 g/mol. The van der Waals surface area contributed by atoms with Gasteiger partial charge in [-0.15, -0.1) is 0 Å². The van der Waals surface area contributed by atoms with E-state index in [9.17, 15) is 0 Å². The Hall–Kier alpha value is -2.98. The van der Waals surface area contributed by atoms with E-state index in [1.165, 1.54) is 31.8 Å². The zero-order valence-electron chi connectivity index (χ0n) is 24.6. The Morgan fingerprint density at radius 2 is 0.467 bits per heavy atom. The molecule has 0 atom stereocenters. The van der Waals surface area contributed by atoms with E-state index in [0.29, 0.717) is 0 Å². The topological polar surface area (TPSA) is 63.6 Å². The summed E-state index contributed by atoms with van der Waals surface area (Å²) in [6.45, 7) is 4.50. The van der Waals surface area contributed by atoms with Crippen molar-refractivity contribution in [3.05, 3.63) is 194 Å². The minimum Gasteiger partial charge on any atom is -0.0620 e. The molecule has 0 aromatic heterocycles. The van der Waals surface area contributed by atoms with Crippen LogP contribution in [0.5, 0.6) is 0 Å². The fourth-order valence-electron chi connectivity index (χ4n) is 4.63. The van der Waals surface area contributed by atoms with Crippen LogP contribution in [0.4, 0.5) is 0 Å². The van der Waals surface area contributed by atoms with E-state index in [1.807, 2.05) is 0 Å². The van der Waals surface area contributed by atoms with Crippen molar-refractivity contribution in [2.45, 2.75) is 0 Å². The molecule has 0 fully saturated rings. The fraction of sp³-hybridized carbons (Fsp3) is 0. The van der Waals surface area contributed by atoms with Crippen LogP contribution in [0.2, 0.25) is 0 Å². The smallest absolute Gasteiger partial charge is 0.0620 e. The summed E-state index contributed by atoms with van der Waals surface area (Å²) in [5, 5.41) is 8.61. The molecule has 0 unspecified atom stereocenters. The average Bonchev–Trinajstić information content (AvgIpc) is 3.14. The number of rotatable bonds is 6.